The number of hydrogen-bond acceptors (Lipinski definition) is 8. The molecule has 12 heteroatoms. The number of nitrogens with one attached hydrogen (secondary N) is 2. The molecule has 1 aromatic carbocycles. The second-order valence-electron chi connectivity index (χ2n) is 6.31. The summed E-state index contributed by atoms with van der Waals surface area (Å²) in [6, 6.07) is 4.64. The van der Waals surface area contributed by atoms with E-state index in [1.165, 1.54) is 10.7 Å². The Kier molecular flexibility index (Phi) is 5.92. The first kappa shape index (κ1) is 19.8. The van der Waals surface area contributed by atoms with Gasteiger partial charge in [0.2, 0.25) is 5.91 Å². The molecule has 0 radical (unpaired) electrons. The molecule has 1 atom stereocenters. The highest BCUT2D eigenvalue weighted by atomic mass is 16.5. The molecule has 0 aliphatic carbocycles. The first-order valence-corrected chi connectivity index (χ1v) is 8.60. The van der Waals surface area contributed by atoms with Crippen molar-refractivity contribution in [2.75, 3.05) is 7.05 Å². The Morgan fingerprint density at radius 2 is 2.21 bits per heavy atom. The summed E-state index contributed by atoms with van der Waals surface area (Å²) >= 11 is 0. The van der Waals surface area contributed by atoms with Gasteiger partial charge in [0.15, 0.2) is 0 Å². The van der Waals surface area contributed by atoms with Gasteiger partial charge in [-0.3, -0.25) is 4.79 Å². The molecule has 0 spiro atoms. The van der Waals surface area contributed by atoms with E-state index >= 15 is 0 Å². The molecule has 148 valence electrons. The molecule has 28 heavy (non-hydrogen) atoms. The van der Waals surface area contributed by atoms with Crippen LogP contribution in [-0.4, -0.2) is 62.2 Å². The van der Waals surface area contributed by atoms with Crippen molar-refractivity contribution in [1.82, 2.24) is 25.6 Å². The van der Waals surface area contributed by atoms with Gasteiger partial charge in [0, 0.05) is 6.54 Å². The third-order valence-corrected chi connectivity index (χ3v) is 4.40. The molecule has 1 aliphatic rings. The topological polar surface area (TPSA) is 159 Å². The molecule has 5 N–H and O–H groups in total. The molecule has 1 amide bonds. The second kappa shape index (κ2) is 8.38. The number of benzene rings is 1. The van der Waals surface area contributed by atoms with Gasteiger partial charge < -0.3 is 30.5 Å². The fourth-order valence-corrected chi connectivity index (χ4v) is 3.08. The molecule has 0 fully saturated rings. The third-order valence-electron chi connectivity index (χ3n) is 4.40. The molecular weight excluding hydrogens is 369 g/mol. The molecule has 2 aromatic rings. The summed E-state index contributed by atoms with van der Waals surface area (Å²) in [4.78, 5) is 23.7. The number of hydrogen-bond donors (Lipinski definition) is 5. The average molecular weight is 389 g/mol. The van der Waals surface area contributed by atoms with Gasteiger partial charge in [-0.05, 0) is 25.1 Å². The normalized spacial score (nSPS) is 15.7. The predicted molar refractivity (Wildman–Crippen MR) is 96.3 cm³/mol. The molecule has 0 bridgehead atoms. The van der Waals surface area contributed by atoms with Crippen LogP contribution in [0.15, 0.2) is 18.2 Å². The van der Waals surface area contributed by atoms with Crippen LogP contribution in [0.1, 0.15) is 27.3 Å². The van der Waals surface area contributed by atoms with E-state index in [1.54, 1.807) is 19.2 Å². The number of rotatable bonds is 7. The molecule has 11 nitrogen and oxygen atoms in total. The van der Waals surface area contributed by atoms with Crippen LogP contribution < -0.4 is 15.3 Å². The number of aromatic nitrogens is 3. The van der Waals surface area contributed by atoms with Crippen LogP contribution in [0.3, 0.4) is 0 Å². The number of nitrogens with zero attached hydrogens (tertiary/aromatic N) is 3. The highest BCUT2D eigenvalue weighted by Gasteiger charge is 2.37. The third kappa shape index (κ3) is 3.98. The summed E-state index contributed by atoms with van der Waals surface area (Å²) in [5.74, 6) is -2.28. The van der Waals surface area contributed by atoms with Gasteiger partial charge in [-0.2, -0.15) is 0 Å². The summed E-state index contributed by atoms with van der Waals surface area (Å²) in [5.41, 5.74) is 1.48. The Morgan fingerprint density at radius 1 is 1.43 bits per heavy atom. The minimum absolute atomic E-state index is 0.0476. The van der Waals surface area contributed by atoms with Gasteiger partial charge in [0.05, 0.1) is 23.8 Å². The number of carbonyl (C=O) groups is 2. The van der Waals surface area contributed by atoms with Crippen LogP contribution in [0.25, 0.3) is 0 Å². The van der Waals surface area contributed by atoms with E-state index in [2.05, 4.69) is 20.9 Å². The van der Waals surface area contributed by atoms with Crippen LogP contribution in [0.2, 0.25) is 0 Å². The Hall–Kier alpha value is -2.96. The highest BCUT2D eigenvalue weighted by Crippen LogP contribution is 2.30. The van der Waals surface area contributed by atoms with Crippen LogP contribution in [0, 0.1) is 0 Å². The Morgan fingerprint density at radius 3 is 2.89 bits per heavy atom. The van der Waals surface area contributed by atoms with E-state index in [0.717, 1.165) is 0 Å². The van der Waals surface area contributed by atoms with Crippen LogP contribution >= 0.6 is 0 Å². The van der Waals surface area contributed by atoms with Gasteiger partial charge in [-0.1, -0.05) is 17.3 Å². The zero-order valence-electron chi connectivity index (χ0n) is 15.1. The van der Waals surface area contributed by atoms with Crippen molar-refractivity contribution in [1.29, 1.82) is 0 Å². The maximum Gasteiger partial charge on any atom is 0.547 e. The maximum absolute atomic E-state index is 12.4. The number of fused-ring (bicyclic) bond motifs is 1. The molecule has 1 aromatic heterocycles. The number of amides is 1. The minimum atomic E-state index is -1.40. The monoisotopic (exact) mass is 389 g/mol. The summed E-state index contributed by atoms with van der Waals surface area (Å²) in [6.45, 7) is -0.120. The maximum atomic E-state index is 12.4. The van der Waals surface area contributed by atoms with Gasteiger partial charge >= 0.3 is 13.1 Å². The standard InChI is InChI=1S/C16H20BN5O6/c1-18-6-11-12(8-23)22(21-20-11)7-14(24)19-13-5-9-3-2-4-10(16(25)26)15(9)28-17(13)27/h2-4,13,18,23,27H,5-8H2,1H3,(H,19,24)(H,25,26). The van der Waals surface area contributed by atoms with Gasteiger partial charge in [-0.25, -0.2) is 9.48 Å². The average Bonchev–Trinajstić information content (AvgIpc) is 3.03. The first-order valence-electron chi connectivity index (χ1n) is 8.60. The highest BCUT2D eigenvalue weighted by molar-refractivity contribution is 6.47. The van der Waals surface area contributed by atoms with Crippen molar-refractivity contribution in [3.63, 3.8) is 0 Å². The minimum Gasteiger partial charge on any atom is -0.534 e. The molecule has 0 saturated carbocycles. The molecular formula is C16H20BN5O6. The molecule has 1 unspecified atom stereocenters. The van der Waals surface area contributed by atoms with Crippen molar-refractivity contribution in [3.05, 3.63) is 40.7 Å². The lowest BCUT2D eigenvalue weighted by Gasteiger charge is -2.28. The molecule has 1 aliphatic heterocycles. The van der Waals surface area contributed by atoms with E-state index < -0.39 is 24.9 Å². The summed E-state index contributed by atoms with van der Waals surface area (Å²) in [6.07, 6.45) is 0.207. The zero-order chi connectivity index (χ0) is 20.3. The quantitative estimate of drug-likeness (QED) is 0.349. The zero-order valence-corrected chi connectivity index (χ0v) is 15.1. The summed E-state index contributed by atoms with van der Waals surface area (Å²) in [7, 11) is 0.329. The number of carbonyl (C=O) groups excluding carboxylic acids is 1. The van der Waals surface area contributed by atoms with Gasteiger partial charge in [-0.15, -0.1) is 5.10 Å². The largest absolute Gasteiger partial charge is 0.547 e. The van der Waals surface area contributed by atoms with E-state index in [1.807, 2.05) is 0 Å². The molecule has 0 saturated heterocycles. The number of aliphatic hydroxyl groups is 1. The molecule has 2 heterocycles. The number of carboxylic acid groups (broad SMARTS) is 1. The fourth-order valence-electron chi connectivity index (χ4n) is 3.08. The van der Waals surface area contributed by atoms with Crippen LogP contribution in [0.4, 0.5) is 0 Å². The van der Waals surface area contributed by atoms with Gasteiger partial charge in [0.25, 0.3) is 0 Å². The Labute approximate surface area is 160 Å². The lowest BCUT2D eigenvalue weighted by molar-refractivity contribution is -0.122. The van der Waals surface area contributed by atoms with Crippen LogP contribution in [0.5, 0.6) is 5.75 Å². The number of carboxylic acids is 1. The van der Waals surface area contributed by atoms with Crippen molar-refractivity contribution in [2.24, 2.45) is 0 Å². The SMILES string of the molecule is CNCc1nnn(CC(=O)NC2Cc3cccc(C(=O)O)c3OB2O)c1CO. The number of aliphatic hydroxyl groups excluding tert-OH is 1. The first-order chi connectivity index (χ1) is 13.4. The Balaban J connectivity index is 1.70. The fraction of sp³-hybridized carbons (Fsp3) is 0.375. The summed E-state index contributed by atoms with van der Waals surface area (Å²) < 4.78 is 6.63. The van der Waals surface area contributed by atoms with Crippen LogP contribution in [-0.2, 0) is 30.9 Å². The number of para-hydroxylation sites is 1. The van der Waals surface area contributed by atoms with Crippen molar-refractivity contribution in [3.8, 4) is 5.75 Å². The van der Waals surface area contributed by atoms with Crippen molar-refractivity contribution >= 4 is 19.0 Å². The van der Waals surface area contributed by atoms with Crippen molar-refractivity contribution in [2.45, 2.75) is 32.1 Å². The van der Waals surface area contributed by atoms with E-state index in [-0.39, 0.29) is 30.9 Å². The summed E-state index contributed by atoms with van der Waals surface area (Å²) in [5, 5.41) is 42.3. The second-order valence-corrected chi connectivity index (χ2v) is 6.31. The predicted octanol–water partition coefficient (Wildman–Crippen LogP) is -1.67. The number of aromatic carboxylic acids is 1. The van der Waals surface area contributed by atoms with E-state index in [4.69, 9.17) is 4.65 Å². The molecule has 3 rings (SSSR count). The van der Waals surface area contributed by atoms with Gasteiger partial charge in [0.1, 0.15) is 18.0 Å². The van der Waals surface area contributed by atoms with Crippen molar-refractivity contribution < 1.29 is 29.5 Å². The Bertz CT molecular complexity index is 888. The lowest BCUT2D eigenvalue weighted by Crippen LogP contribution is -2.53. The smallest absolute Gasteiger partial charge is 0.534 e. The lowest BCUT2D eigenvalue weighted by atomic mass is 9.72. The van der Waals surface area contributed by atoms with E-state index in [9.17, 15) is 24.8 Å². The van der Waals surface area contributed by atoms with E-state index in [0.29, 0.717) is 23.5 Å².